The molecule has 5 heteroatoms. The predicted molar refractivity (Wildman–Crippen MR) is 93.4 cm³/mol. The molecule has 0 aromatic heterocycles. The van der Waals surface area contributed by atoms with Crippen LogP contribution in [0.2, 0.25) is 0 Å². The first-order valence-corrected chi connectivity index (χ1v) is 8.54. The van der Waals surface area contributed by atoms with E-state index in [0.29, 0.717) is 0 Å². The molecular weight excluding hydrogens is 308 g/mol. The molecule has 0 spiro atoms. The van der Waals surface area contributed by atoms with Crippen molar-refractivity contribution in [3.8, 4) is 0 Å². The highest BCUT2D eigenvalue weighted by atomic mass is 32.2. The number of amides is 1. The highest BCUT2D eigenvalue weighted by molar-refractivity contribution is 8.00. The lowest BCUT2D eigenvalue weighted by molar-refractivity contribution is -0.123. The van der Waals surface area contributed by atoms with Crippen LogP contribution in [-0.2, 0) is 16.0 Å². The number of nitrogens with one attached hydrogen (secondary N) is 1. The van der Waals surface area contributed by atoms with Gasteiger partial charge in [0.25, 0.3) is 0 Å². The molecule has 1 aliphatic rings. The molecule has 0 bridgehead atoms. The Morgan fingerprint density at radius 2 is 1.91 bits per heavy atom. The maximum absolute atomic E-state index is 11.1. The molecule has 2 atom stereocenters. The van der Waals surface area contributed by atoms with Crippen molar-refractivity contribution in [3.63, 3.8) is 0 Å². The third-order valence-corrected chi connectivity index (χ3v) is 5.16. The van der Waals surface area contributed by atoms with Gasteiger partial charge in [0, 0.05) is 23.0 Å². The van der Waals surface area contributed by atoms with Crippen LogP contribution < -0.4 is 11.1 Å². The fourth-order valence-electron chi connectivity index (χ4n) is 2.69. The third-order valence-electron chi connectivity index (χ3n) is 3.80. The van der Waals surface area contributed by atoms with Crippen LogP contribution in [0.4, 0.5) is 5.69 Å². The lowest BCUT2D eigenvalue weighted by atomic mass is 9.99. The van der Waals surface area contributed by atoms with E-state index in [1.54, 1.807) is 11.8 Å². The summed E-state index contributed by atoms with van der Waals surface area (Å²) in [5, 5.41) is 3.50. The molecule has 0 fully saturated rings. The van der Waals surface area contributed by atoms with Crippen molar-refractivity contribution in [2.24, 2.45) is 11.7 Å². The van der Waals surface area contributed by atoms with Crippen LogP contribution in [0.1, 0.15) is 5.56 Å². The highest BCUT2D eigenvalue weighted by Gasteiger charge is 2.28. The molecule has 2 aromatic carbocycles. The number of primary amides is 1. The zero-order valence-corrected chi connectivity index (χ0v) is 13.6. The van der Waals surface area contributed by atoms with Crippen LogP contribution in [-0.4, -0.2) is 24.5 Å². The maximum Gasteiger partial charge on any atom is 0.243 e. The zero-order chi connectivity index (χ0) is 16.1. The van der Waals surface area contributed by atoms with Crippen molar-refractivity contribution in [1.82, 2.24) is 0 Å². The Balaban J connectivity index is 1.79. The molecule has 2 aromatic rings. The second-order valence-electron chi connectivity index (χ2n) is 5.59. The van der Waals surface area contributed by atoms with Crippen LogP contribution in [0.5, 0.6) is 0 Å². The summed E-state index contributed by atoms with van der Waals surface area (Å²) in [7, 11) is 0. The number of nitrogens with two attached hydrogens (primary N) is 1. The van der Waals surface area contributed by atoms with Gasteiger partial charge in [0.05, 0.1) is 0 Å². The number of ether oxygens (including phenoxy) is 1. The van der Waals surface area contributed by atoms with Crippen LogP contribution in [0.25, 0.3) is 0 Å². The van der Waals surface area contributed by atoms with E-state index >= 15 is 0 Å². The molecule has 0 aliphatic carbocycles. The summed E-state index contributed by atoms with van der Waals surface area (Å²) in [5.74, 6) is -0.191. The predicted octanol–water partition coefficient (Wildman–Crippen LogP) is 2.89. The molecule has 0 radical (unpaired) electrons. The quantitative estimate of drug-likeness (QED) is 0.886. The van der Waals surface area contributed by atoms with Gasteiger partial charge in [-0.2, -0.15) is 0 Å². The van der Waals surface area contributed by atoms with Crippen molar-refractivity contribution >= 4 is 23.4 Å². The summed E-state index contributed by atoms with van der Waals surface area (Å²) in [6.07, 6.45) is 0.887. The van der Waals surface area contributed by atoms with Gasteiger partial charge < -0.3 is 15.8 Å². The molecule has 1 heterocycles. The largest absolute Gasteiger partial charge is 0.384 e. The standard InChI is InChI=1S/C18H20N2O2S/c19-17(21)12-22-18-14(10-13-6-2-1-3-7-13)11-20-15-8-4-5-9-16(15)23-18/h1-9,14,18,20H,10-12H2,(H2,19,21). The molecule has 0 saturated carbocycles. The van der Waals surface area contributed by atoms with Crippen LogP contribution in [0.3, 0.4) is 0 Å². The Morgan fingerprint density at radius 3 is 2.70 bits per heavy atom. The normalized spacial score (nSPS) is 20.2. The Kier molecular flexibility index (Phi) is 5.20. The summed E-state index contributed by atoms with van der Waals surface area (Å²) in [6, 6.07) is 18.5. The number of hydrogen-bond donors (Lipinski definition) is 2. The van der Waals surface area contributed by atoms with Gasteiger partial charge in [-0.15, -0.1) is 0 Å². The second kappa shape index (κ2) is 7.53. The number of carbonyl (C=O) groups excluding carboxylic acids is 1. The SMILES string of the molecule is NC(=O)COC1Sc2ccccc2NCC1Cc1ccccc1. The Labute approximate surface area is 140 Å². The smallest absolute Gasteiger partial charge is 0.243 e. The monoisotopic (exact) mass is 328 g/mol. The molecule has 1 amide bonds. The van der Waals surface area contributed by atoms with Crippen LogP contribution in [0.15, 0.2) is 59.5 Å². The van der Waals surface area contributed by atoms with E-state index in [0.717, 1.165) is 23.5 Å². The van der Waals surface area contributed by atoms with Crippen LogP contribution in [0, 0.1) is 5.92 Å². The first-order chi connectivity index (χ1) is 11.2. The summed E-state index contributed by atoms with van der Waals surface area (Å²) in [6.45, 7) is 0.744. The summed E-state index contributed by atoms with van der Waals surface area (Å²) in [4.78, 5) is 12.2. The average Bonchev–Trinajstić information content (AvgIpc) is 2.74. The van der Waals surface area contributed by atoms with Gasteiger partial charge in [0.1, 0.15) is 12.0 Å². The Morgan fingerprint density at radius 1 is 1.17 bits per heavy atom. The van der Waals surface area contributed by atoms with Gasteiger partial charge in [-0.1, -0.05) is 54.2 Å². The van der Waals surface area contributed by atoms with Crippen molar-refractivity contribution in [2.75, 3.05) is 18.5 Å². The molecule has 3 N–H and O–H groups in total. The molecule has 23 heavy (non-hydrogen) atoms. The van der Waals surface area contributed by atoms with Gasteiger partial charge in [0.2, 0.25) is 5.91 Å². The Bertz CT molecular complexity index is 663. The zero-order valence-electron chi connectivity index (χ0n) is 12.8. The van der Waals surface area contributed by atoms with Crippen molar-refractivity contribution < 1.29 is 9.53 Å². The van der Waals surface area contributed by atoms with Gasteiger partial charge in [0.15, 0.2) is 0 Å². The molecule has 120 valence electrons. The maximum atomic E-state index is 11.1. The van der Waals surface area contributed by atoms with E-state index < -0.39 is 5.91 Å². The van der Waals surface area contributed by atoms with Crippen LogP contribution >= 0.6 is 11.8 Å². The summed E-state index contributed by atoms with van der Waals surface area (Å²) in [5.41, 5.74) is 7.51. The van der Waals surface area contributed by atoms with E-state index in [1.807, 2.05) is 30.3 Å². The minimum absolute atomic E-state index is 0.0505. The lowest BCUT2D eigenvalue weighted by Crippen LogP contribution is -2.31. The number of fused-ring (bicyclic) bond motifs is 1. The number of carbonyl (C=O) groups is 1. The number of rotatable bonds is 5. The molecular formula is C18H20N2O2S. The highest BCUT2D eigenvalue weighted by Crippen LogP contribution is 2.38. The first-order valence-electron chi connectivity index (χ1n) is 7.66. The number of benzene rings is 2. The topological polar surface area (TPSA) is 64.4 Å². The van der Waals surface area contributed by atoms with Gasteiger partial charge >= 0.3 is 0 Å². The molecule has 0 saturated heterocycles. The minimum atomic E-state index is -0.436. The molecule has 2 unspecified atom stereocenters. The van der Waals surface area contributed by atoms with E-state index in [1.165, 1.54) is 5.56 Å². The van der Waals surface area contributed by atoms with E-state index in [-0.39, 0.29) is 18.0 Å². The van der Waals surface area contributed by atoms with Crippen molar-refractivity contribution in [3.05, 3.63) is 60.2 Å². The van der Waals surface area contributed by atoms with Gasteiger partial charge in [-0.05, 0) is 24.1 Å². The number of anilines is 1. The summed E-state index contributed by atoms with van der Waals surface area (Å²) < 4.78 is 5.81. The van der Waals surface area contributed by atoms with Crippen molar-refractivity contribution in [1.29, 1.82) is 0 Å². The second-order valence-corrected chi connectivity index (χ2v) is 6.73. The average molecular weight is 328 g/mol. The molecule has 4 nitrogen and oxygen atoms in total. The molecule has 1 aliphatic heterocycles. The van der Waals surface area contributed by atoms with Crippen molar-refractivity contribution in [2.45, 2.75) is 16.8 Å². The molecule has 3 rings (SSSR count). The fourth-order valence-corrected chi connectivity index (χ4v) is 3.89. The first kappa shape index (κ1) is 15.9. The van der Waals surface area contributed by atoms with Gasteiger partial charge in [-0.25, -0.2) is 0 Å². The minimum Gasteiger partial charge on any atom is -0.384 e. The lowest BCUT2D eigenvalue weighted by Gasteiger charge is -2.24. The number of para-hydroxylation sites is 1. The Hall–Kier alpha value is -1.98. The summed E-state index contributed by atoms with van der Waals surface area (Å²) >= 11 is 1.65. The number of hydrogen-bond acceptors (Lipinski definition) is 4. The fraction of sp³-hybridized carbons (Fsp3) is 0.278. The van der Waals surface area contributed by atoms with Gasteiger partial charge in [-0.3, -0.25) is 4.79 Å². The number of thioether (sulfide) groups is 1. The van der Waals surface area contributed by atoms with E-state index in [4.69, 9.17) is 10.5 Å². The van der Waals surface area contributed by atoms with E-state index in [9.17, 15) is 4.79 Å². The third kappa shape index (κ3) is 4.27. The van der Waals surface area contributed by atoms with E-state index in [2.05, 4.69) is 29.6 Å².